The molecule has 5 N–H and O–H groups in total. The Balaban J connectivity index is 2.21. The summed E-state index contributed by atoms with van der Waals surface area (Å²) < 4.78 is 5.00. The fraction of sp³-hybridized carbons (Fsp3) is 0.231. The number of H-pyrrole nitrogens is 1. The number of carbonyl (C=O) groups excluding carboxylic acids is 1. The van der Waals surface area contributed by atoms with E-state index in [1.54, 1.807) is 6.92 Å². The number of methoxy groups -OCH3 is 1. The Morgan fingerprint density at radius 1 is 1.36 bits per heavy atom. The number of aromatic carboxylic acids is 1. The molecule has 9 heteroatoms. The van der Waals surface area contributed by atoms with E-state index in [1.807, 2.05) is 0 Å². The number of hydrogen-bond donors (Lipinski definition) is 4. The molecule has 0 saturated carbocycles. The van der Waals surface area contributed by atoms with Gasteiger partial charge in [-0.3, -0.25) is 9.89 Å². The molecule has 0 radical (unpaired) electrons. The number of nitrogens with two attached hydrogens (primary N) is 1. The highest BCUT2D eigenvalue weighted by atomic mass is 16.5. The quantitative estimate of drug-likeness (QED) is 0.632. The molecule has 0 saturated heterocycles. The molecule has 1 unspecified atom stereocenters. The highest BCUT2D eigenvalue weighted by Gasteiger charge is 2.17. The zero-order chi connectivity index (χ0) is 16.3. The molecule has 2 rings (SSSR count). The maximum Gasteiger partial charge on any atom is 0.335 e. The lowest BCUT2D eigenvalue weighted by Gasteiger charge is -2.12. The Morgan fingerprint density at radius 2 is 2.05 bits per heavy atom. The average molecular weight is 305 g/mol. The number of benzene rings is 1. The second-order valence-corrected chi connectivity index (χ2v) is 4.53. The zero-order valence-electron chi connectivity index (χ0n) is 12.0. The number of ether oxygens (including phenoxy) is 1. The summed E-state index contributed by atoms with van der Waals surface area (Å²) in [6.45, 7) is 1.69. The summed E-state index contributed by atoms with van der Waals surface area (Å²) in [5.74, 6) is -0.868. The predicted molar refractivity (Wildman–Crippen MR) is 76.6 cm³/mol. The summed E-state index contributed by atoms with van der Waals surface area (Å²) in [6.07, 6.45) is 0. The van der Waals surface area contributed by atoms with E-state index >= 15 is 0 Å². The molecule has 0 aliphatic carbocycles. The molecular formula is C13H15N5O4. The van der Waals surface area contributed by atoms with Gasteiger partial charge in [-0.25, -0.2) is 4.79 Å². The number of anilines is 1. The van der Waals surface area contributed by atoms with Crippen LogP contribution in [0.5, 0.6) is 5.75 Å². The summed E-state index contributed by atoms with van der Waals surface area (Å²) >= 11 is 0. The molecular weight excluding hydrogens is 290 g/mol. The molecule has 1 amide bonds. The molecule has 9 nitrogen and oxygen atoms in total. The lowest BCUT2D eigenvalue weighted by atomic mass is 10.1. The van der Waals surface area contributed by atoms with Gasteiger partial charge in [-0.2, -0.15) is 4.98 Å². The minimum atomic E-state index is -1.15. The number of carboxylic acid groups (broad SMARTS) is 1. The number of nitrogen functional groups attached to an aromatic ring is 1. The van der Waals surface area contributed by atoms with Crippen LogP contribution in [0.2, 0.25) is 0 Å². The number of carboxylic acids is 1. The highest BCUT2D eigenvalue weighted by Crippen LogP contribution is 2.18. The van der Waals surface area contributed by atoms with Crippen molar-refractivity contribution in [3.05, 3.63) is 35.2 Å². The van der Waals surface area contributed by atoms with Gasteiger partial charge in [-0.1, -0.05) is 0 Å². The van der Waals surface area contributed by atoms with Crippen molar-refractivity contribution in [2.24, 2.45) is 0 Å². The van der Waals surface area contributed by atoms with Crippen LogP contribution in [0.4, 0.5) is 5.95 Å². The first kappa shape index (κ1) is 15.3. The Hall–Kier alpha value is -3.10. The van der Waals surface area contributed by atoms with Crippen LogP contribution >= 0.6 is 0 Å². The number of rotatable bonds is 5. The smallest absolute Gasteiger partial charge is 0.335 e. The van der Waals surface area contributed by atoms with Crippen molar-refractivity contribution in [1.29, 1.82) is 0 Å². The van der Waals surface area contributed by atoms with Gasteiger partial charge in [0.05, 0.1) is 18.7 Å². The van der Waals surface area contributed by atoms with Crippen LogP contribution in [-0.2, 0) is 0 Å². The van der Waals surface area contributed by atoms with Crippen molar-refractivity contribution in [2.75, 3.05) is 12.8 Å². The Kier molecular flexibility index (Phi) is 4.25. The summed E-state index contributed by atoms with van der Waals surface area (Å²) in [5, 5.41) is 18.0. The van der Waals surface area contributed by atoms with Gasteiger partial charge >= 0.3 is 5.97 Å². The third-order valence-corrected chi connectivity index (χ3v) is 2.93. The molecule has 0 bridgehead atoms. The van der Waals surface area contributed by atoms with Crippen molar-refractivity contribution >= 4 is 17.8 Å². The number of amides is 1. The standard InChI is InChI=1S/C13H15N5O4/c1-6(10-16-13(14)18-17-10)15-11(19)7-3-8(12(20)21)5-9(4-7)22-2/h3-6H,1-2H3,(H,15,19)(H,20,21)(H3,14,16,17,18). The fourth-order valence-electron chi connectivity index (χ4n) is 1.80. The number of hydrogen-bond acceptors (Lipinski definition) is 6. The molecule has 0 spiro atoms. The maximum absolute atomic E-state index is 12.2. The van der Waals surface area contributed by atoms with E-state index in [0.717, 1.165) is 0 Å². The van der Waals surface area contributed by atoms with Crippen LogP contribution in [0, 0.1) is 0 Å². The van der Waals surface area contributed by atoms with E-state index in [-0.39, 0.29) is 22.8 Å². The Morgan fingerprint density at radius 3 is 2.59 bits per heavy atom. The number of nitrogens with zero attached hydrogens (tertiary/aromatic N) is 2. The molecule has 0 aliphatic heterocycles. The lowest BCUT2D eigenvalue weighted by Crippen LogP contribution is -2.27. The first-order chi connectivity index (χ1) is 10.4. The second kappa shape index (κ2) is 6.12. The fourth-order valence-corrected chi connectivity index (χ4v) is 1.80. The molecule has 1 heterocycles. The van der Waals surface area contributed by atoms with Crippen molar-refractivity contribution < 1.29 is 19.4 Å². The van der Waals surface area contributed by atoms with Gasteiger partial charge in [-0.15, -0.1) is 5.10 Å². The van der Waals surface area contributed by atoms with Crippen molar-refractivity contribution in [2.45, 2.75) is 13.0 Å². The molecule has 1 aromatic heterocycles. The maximum atomic E-state index is 12.2. The molecule has 1 aromatic carbocycles. The summed E-state index contributed by atoms with van der Waals surface area (Å²) in [7, 11) is 1.39. The van der Waals surface area contributed by atoms with Gasteiger partial charge in [0.1, 0.15) is 11.6 Å². The van der Waals surface area contributed by atoms with E-state index in [9.17, 15) is 9.59 Å². The van der Waals surface area contributed by atoms with E-state index in [4.69, 9.17) is 15.6 Å². The third-order valence-electron chi connectivity index (χ3n) is 2.93. The highest BCUT2D eigenvalue weighted by molar-refractivity contribution is 5.98. The largest absolute Gasteiger partial charge is 0.497 e. The van der Waals surface area contributed by atoms with Crippen LogP contribution in [0.25, 0.3) is 0 Å². The topological polar surface area (TPSA) is 143 Å². The minimum absolute atomic E-state index is 0.0407. The Bertz CT molecular complexity index is 712. The molecule has 0 fully saturated rings. The van der Waals surface area contributed by atoms with E-state index in [1.165, 1.54) is 25.3 Å². The normalized spacial score (nSPS) is 11.7. The van der Waals surface area contributed by atoms with Crippen molar-refractivity contribution in [3.8, 4) is 5.75 Å². The molecule has 2 aromatic rings. The van der Waals surface area contributed by atoms with Crippen LogP contribution < -0.4 is 15.8 Å². The van der Waals surface area contributed by atoms with E-state index in [0.29, 0.717) is 5.82 Å². The van der Waals surface area contributed by atoms with Crippen LogP contribution in [0.1, 0.15) is 39.5 Å². The Labute approximate surface area is 125 Å². The molecule has 0 aliphatic rings. The van der Waals surface area contributed by atoms with E-state index < -0.39 is 17.9 Å². The summed E-state index contributed by atoms with van der Waals surface area (Å²) in [5.41, 5.74) is 5.52. The average Bonchev–Trinajstić information content (AvgIpc) is 2.93. The first-order valence-electron chi connectivity index (χ1n) is 6.31. The van der Waals surface area contributed by atoms with Crippen LogP contribution in [0.3, 0.4) is 0 Å². The minimum Gasteiger partial charge on any atom is -0.497 e. The number of aromatic amines is 1. The lowest BCUT2D eigenvalue weighted by molar-refractivity contribution is 0.0696. The van der Waals surface area contributed by atoms with Gasteiger partial charge in [0.2, 0.25) is 5.95 Å². The van der Waals surface area contributed by atoms with Crippen molar-refractivity contribution in [3.63, 3.8) is 0 Å². The first-order valence-corrected chi connectivity index (χ1v) is 6.31. The molecule has 22 heavy (non-hydrogen) atoms. The van der Waals surface area contributed by atoms with Gasteiger partial charge in [0.15, 0.2) is 0 Å². The van der Waals surface area contributed by atoms with Crippen LogP contribution in [-0.4, -0.2) is 39.3 Å². The number of aromatic nitrogens is 3. The summed E-state index contributed by atoms with van der Waals surface area (Å²) in [4.78, 5) is 27.2. The SMILES string of the molecule is COc1cc(C(=O)O)cc(C(=O)NC(C)c2nc(N)n[nH]2)c1. The number of carbonyl (C=O) groups is 2. The monoisotopic (exact) mass is 305 g/mol. The predicted octanol–water partition coefficient (Wildman–Crippen LogP) is 0.585. The van der Waals surface area contributed by atoms with Gasteiger partial charge in [0, 0.05) is 5.56 Å². The second-order valence-electron chi connectivity index (χ2n) is 4.53. The molecule has 1 atom stereocenters. The van der Waals surface area contributed by atoms with Gasteiger partial charge < -0.3 is 20.9 Å². The van der Waals surface area contributed by atoms with Crippen LogP contribution in [0.15, 0.2) is 18.2 Å². The third kappa shape index (κ3) is 3.32. The summed E-state index contributed by atoms with van der Waals surface area (Å²) in [6, 6.07) is 3.57. The molecule has 116 valence electrons. The van der Waals surface area contributed by atoms with Gasteiger partial charge in [0.25, 0.3) is 5.91 Å². The van der Waals surface area contributed by atoms with Crippen molar-refractivity contribution in [1.82, 2.24) is 20.5 Å². The zero-order valence-corrected chi connectivity index (χ0v) is 12.0. The number of nitrogens with one attached hydrogen (secondary N) is 2. The van der Waals surface area contributed by atoms with Gasteiger partial charge in [-0.05, 0) is 25.1 Å². The van der Waals surface area contributed by atoms with E-state index in [2.05, 4.69) is 20.5 Å².